The lowest BCUT2D eigenvalue weighted by Gasteiger charge is -2.31. The molecule has 0 radical (unpaired) electrons. The molecule has 0 unspecified atom stereocenters. The van der Waals surface area contributed by atoms with E-state index in [2.05, 4.69) is 59.8 Å². The highest BCUT2D eigenvalue weighted by Gasteiger charge is 2.41. The summed E-state index contributed by atoms with van der Waals surface area (Å²) in [6, 6.07) is -15.5. The third-order valence-electron chi connectivity index (χ3n) is 17.7. The Bertz CT molecular complexity index is 3720. The first-order valence-corrected chi connectivity index (χ1v) is 36.2. The van der Waals surface area contributed by atoms with Gasteiger partial charge in [-0.3, -0.25) is 91.1 Å². The molecule has 0 bridgehead atoms. The number of cyclic esters (lactones) is 1. The minimum atomic E-state index is -2.34. The summed E-state index contributed by atoms with van der Waals surface area (Å²) >= 11 is 0. The Hall–Kier alpha value is -11.9. The van der Waals surface area contributed by atoms with Crippen LogP contribution in [0.5, 0.6) is 0 Å². The van der Waals surface area contributed by atoms with Crippen molar-refractivity contribution in [2.45, 2.75) is 223 Å². The molecule has 0 spiro atoms. The van der Waals surface area contributed by atoms with Crippen molar-refractivity contribution >= 4 is 129 Å². The highest BCUT2D eigenvalue weighted by molar-refractivity contribution is 6.02. The van der Waals surface area contributed by atoms with Crippen molar-refractivity contribution in [1.82, 2.24) is 74.1 Å². The first-order chi connectivity index (χ1) is 52.8. The van der Waals surface area contributed by atoms with Crippen molar-refractivity contribution in [1.29, 1.82) is 0 Å². The van der Waals surface area contributed by atoms with Crippen LogP contribution in [0.3, 0.4) is 0 Å². The molecule has 2 heterocycles. The summed E-state index contributed by atoms with van der Waals surface area (Å²) in [5, 5.41) is 78.6. The van der Waals surface area contributed by atoms with Crippen LogP contribution in [0.2, 0.25) is 0 Å². The van der Waals surface area contributed by atoms with Crippen LogP contribution in [0.1, 0.15) is 149 Å². The molecule has 0 aliphatic carbocycles. The van der Waals surface area contributed by atoms with Gasteiger partial charge in [0.2, 0.25) is 88.6 Å². The number of ether oxygens (including phenoxy) is 1. The number of nitrogens with one attached hydrogen (secondary N) is 14. The number of amides is 15. The molecular formula is C69H103N17O26. The number of carboxylic acids is 4. The SMILES string of the molecule is CCCCCCCCCC(=O)N[C@@H](Cc1c[nH]c2ccccc12)C(=O)N[C@H](CC(N)=O)C(=O)N[C@@H](CC(=O)O)C(=O)N[C@@H]1C(=O)NCC(=O)N[C@@H](CCCN)C(=O)N[C@@H](CC(=O)O)C(=O)N[C@H](CC(N)=O)C(=O)N[C@@H](CC(=O)O)C(=O)NCC(=O)N[C@H](CO)C(=O)N[C@@H]([C@H](C)CC(=O)O)C(=O)N[C@@H]([C@@H](C)CC)C(=O)O[C@@H]1C. The van der Waals surface area contributed by atoms with Crippen molar-refractivity contribution in [2.24, 2.45) is 29.0 Å². The maximum absolute atomic E-state index is 14.7. The van der Waals surface area contributed by atoms with Gasteiger partial charge in [-0.2, -0.15) is 0 Å². The average Bonchev–Trinajstić information content (AvgIpc) is 1.67. The Morgan fingerprint density at radius 1 is 0.527 bits per heavy atom. The third kappa shape index (κ3) is 33.1. The number of esters is 1. The number of aliphatic hydroxyl groups excluding tert-OH is 1. The molecule has 0 saturated carbocycles. The van der Waals surface area contributed by atoms with Crippen molar-refractivity contribution in [2.75, 3.05) is 26.2 Å². The summed E-state index contributed by atoms with van der Waals surface area (Å²) in [6.07, 6.45) is -2.16. The standard InChI is InChI=1S/C69H103N17O26/c1-6-8-9-10-11-12-13-20-49(90)77-40(23-36-29-73-38-18-15-14-17-37(36)38)61(103)79-42(25-48(72)89)63(105)83-45(28-55(99)100)65(107)86-58-35(5)112-69(111)57(33(3)7-2)85-68(110)56(34(4)22-52(93)94)84-66(108)46(32-87)78-51(92)30-74-59(101)43(26-53(95)96)81-62(104)41(24-47(71)88)80-64(106)44(27-54(97)98)82-60(102)39(19-16-21-70)76-50(91)31-75-67(58)109/h14-15,17-18,29,33-35,39-46,56-58,73,87H,6-13,16,19-28,30-32,70H2,1-5H3,(H2,71,88)(H2,72,89)(H,74,101)(H,75,109)(H,76,91)(H,77,90)(H,78,92)(H,79,103)(H,80,106)(H,81,104)(H,82,102)(H,83,105)(H,84,108)(H,85,110)(H,86,107)(H,93,94)(H,95,96)(H,97,98)(H,99,100)/t33-,34+,35+,39-,40-,41+,42+,43-,44-,45-,46+,56-,57-,58-/m0/s1. The molecule has 112 heavy (non-hydrogen) atoms. The summed E-state index contributed by atoms with van der Waals surface area (Å²) < 4.78 is 5.72. The molecule has 1 saturated heterocycles. The molecule has 1 aliphatic rings. The maximum Gasteiger partial charge on any atom is 0.329 e. The van der Waals surface area contributed by atoms with Crippen LogP contribution in [0.15, 0.2) is 30.5 Å². The number of aromatic nitrogens is 1. The lowest BCUT2D eigenvalue weighted by atomic mass is 9.94. The molecule has 43 heteroatoms. The fourth-order valence-electron chi connectivity index (χ4n) is 11.4. The first-order valence-electron chi connectivity index (χ1n) is 36.2. The van der Waals surface area contributed by atoms with Gasteiger partial charge in [-0.05, 0) is 56.2 Å². The molecule has 1 aromatic carbocycles. The van der Waals surface area contributed by atoms with Gasteiger partial charge in [0.25, 0.3) is 0 Å². The van der Waals surface area contributed by atoms with Crippen molar-refractivity contribution in [3.05, 3.63) is 36.0 Å². The average molecular weight is 1590 g/mol. The number of aliphatic carboxylic acids is 4. The normalized spacial score (nSPS) is 21.8. The van der Waals surface area contributed by atoms with E-state index in [0.29, 0.717) is 29.3 Å². The summed E-state index contributed by atoms with van der Waals surface area (Å²) in [6.45, 7) is 3.19. The van der Waals surface area contributed by atoms with Crippen LogP contribution < -0.4 is 86.3 Å². The number of aliphatic hydroxyl groups is 1. The summed E-state index contributed by atoms with van der Waals surface area (Å²) in [4.78, 5) is 274. The van der Waals surface area contributed by atoms with Crippen LogP contribution in [0.4, 0.5) is 0 Å². The van der Waals surface area contributed by atoms with Crippen molar-refractivity contribution in [3.63, 3.8) is 0 Å². The van der Waals surface area contributed by atoms with Gasteiger partial charge in [0.05, 0.1) is 58.2 Å². The fourth-order valence-corrected chi connectivity index (χ4v) is 11.4. The van der Waals surface area contributed by atoms with E-state index in [1.165, 1.54) is 13.8 Å². The minimum Gasteiger partial charge on any atom is -0.481 e. The molecule has 3 rings (SSSR count). The van der Waals surface area contributed by atoms with Crippen LogP contribution in [0, 0.1) is 11.8 Å². The molecule has 1 aliphatic heterocycles. The highest BCUT2D eigenvalue weighted by atomic mass is 16.5. The largest absolute Gasteiger partial charge is 0.481 e. The zero-order chi connectivity index (χ0) is 84.1. The van der Waals surface area contributed by atoms with E-state index in [9.17, 15) is 121 Å². The second kappa shape index (κ2) is 47.9. The van der Waals surface area contributed by atoms with Gasteiger partial charge < -0.3 is 122 Å². The predicted molar refractivity (Wildman–Crippen MR) is 388 cm³/mol. The van der Waals surface area contributed by atoms with E-state index in [1.54, 1.807) is 30.5 Å². The first kappa shape index (κ1) is 94.3. The molecule has 2 aromatic rings. The Balaban J connectivity index is 2.24. The van der Waals surface area contributed by atoms with E-state index in [0.717, 1.165) is 46.0 Å². The lowest BCUT2D eigenvalue weighted by molar-refractivity contribution is -0.158. The van der Waals surface area contributed by atoms with Crippen LogP contribution in [-0.2, 0) is 107 Å². The minimum absolute atomic E-state index is 0.00610. The zero-order valence-electron chi connectivity index (χ0n) is 62.6. The van der Waals surface area contributed by atoms with E-state index in [1.807, 2.05) is 21.3 Å². The summed E-state index contributed by atoms with van der Waals surface area (Å²) in [7, 11) is 0. The Morgan fingerprint density at radius 2 is 1.04 bits per heavy atom. The monoisotopic (exact) mass is 1590 g/mol. The third-order valence-corrected chi connectivity index (χ3v) is 17.7. The molecule has 1 fully saturated rings. The smallest absolute Gasteiger partial charge is 0.329 e. The maximum atomic E-state index is 14.7. The van der Waals surface area contributed by atoms with Gasteiger partial charge in [0.1, 0.15) is 72.6 Å². The number of carbonyl (C=O) groups is 20. The van der Waals surface area contributed by atoms with Gasteiger partial charge in [-0.25, -0.2) is 4.79 Å². The molecule has 14 atom stereocenters. The molecule has 25 N–H and O–H groups in total. The van der Waals surface area contributed by atoms with E-state index < -0.39 is 267 Å². The van der Waals surface area contributed by atoms with Gasteiger partial charge in [0, 0.05) is 29.9 Å². The number of para-hydroxylation sites is 1. The number of nitrogens with two attached hydrogens (primary N) is 3. The van der Waals surface area contributed by atoms with Gasteiger partial charge >= 0.3 is 29.8 Å². The van der Waals surface area contributed by atoms with Crippen LogP contribution in [0.25, 0.3) is 10.9 Å². The quantitative estimate of drug-likeness (QED) is 0.0223. The molecule has 15 amide bonds. The Labute approximate surface area is 641 Å². The number of fused-ring (bicyclic) bond motifs is 1. The summed E-state index contributed by atoms with van der Waals surface area (Å²) in [5.74, 6) is -30.8. The Morgan fingerprint density at radius 3 is 1.58 bits per heavy atom. The second-order valence-electron chi connectivity index (χ2n) is 26.8. The zero-order valence-corrected chi connectivity index (χ0v) is 62.6. The molecular weight excluding hydrogens is 1480 g/mol. The van der Waals surface area contributed by atoms with Gasteiger partial charge in [-0.15, -0.1) is 0 Å². The number of rotatable bonds is 36. The number of H-pyrrole nitrogens is 1. The second-order valence-corrected chi connectivity index (χ2v) is 26.8. The Kier molecular flexibility index (Phi) is 40.3. The van der Waals surface area contributed by atoms with Crippen molar-refractivity contribution < 1.29 is 126 Å². The highest BCUT2D eigenvalue weighted by Crippen LogP contribution is 2.21. The topological polar surface area (TPSA) is 702 Å². The van der Waals surface area contributed by atoms with Gasteiger partial charge in [0.15, 0.2) is 0 Å². The summed E-state index contributed by atoms with van der Waals surface area (Å²) in [5.41, 5.74) is 17.8. The fraction of sp³-hybridized carbons (Fsp3) is 0.594. The number of hydrogen-bond donors (Lipinski definition) is 22. The van der Waals surface area contributed by atoms with Crippen LogP contribution in [-0.4, -0.2) is 248 Å². The number of hydrogen-bond acceptors (Lipinski definition) is 23. The van der Waals surface area contributed by atoms with E-state index >= 15 is 0 Å². The van der Waals surface area contributed by atoms with E-state index in [4.69, 9.17) is 21.9 Å². The molecule has 1 aromatic heterocycles. The number of unbranched alkanes of at least 4 members (excludes halogenated alkanes) is 6. The molecule has 620 valence electrons. The van der Waals surface area contributed by atoms with Gasteiger partial charge in [-0.1, -0.05) is 90.8 Å². The molecule has 43 nitrogen and oxygen atoms in total. The number of aromatic amines is 1. The number of carbonyl (C=O) groups excluding carboxylic acids is 16. The van der Waals surface area contributed by atoms with Crippen molar-refractivity contribution in [3.8, 4) is 0 Å². The van der Waals surface area contributed by atoms with Crippen LogP contribution >= 0.6 is 0 Å². The lowest BCUT2D eigenvalue weighted by Crippen LogP contribution is -2.62. The number of benzene rings is 1. The predicted octanol–water partition coefficient (Wildman–Crippen LogP) is -6.58. The number of primary amides is 2. The number of carboxylic acid groups (broad SMARTS) is 4. The van der Waals surface area contributed by atoms with E-state index in [-0.39, 0.29) is 32.2 Å².